The number of aromatic nitrogens is 2. The van der Waals surface area contributed by atoms with Gasteiger partial charge in [-0.1, -0.05) is 0 Å². The van der Waals surface area contributed by atoms with Crippen molar-refractivity contribution in [3.05, 3.63) is 25.6 Å². The highest BCUT2D eigenvalue weighted by Gasteiger charge is 2.14. The van der Waals surface area contributed by atoms with Crippen LogP contribution in [0.5, 0.6) is 0 Å². The third-order valence-corrected chi connectivity index (χ3v) is 4.08. The van der Waals surface area contributed by atoms with E-state index >= 15 is 0 Å². The van der Waals surface area contributed by atoms with Gasteiger partial charge >= 0.3 is 0 Å². The molecule has 0 unspecified atom stereocenters. The average molecular weight is 276 g/mol. The molecule has 92 valence electrons. The molecule has 0 aliphatic heterocycles. The van der Waals surface area contributed by atoms with E-state index in [0.717, 1.165) is 15.0 Å². The molecule has 0 fully saturated rings. The van der Waals surface area contributed by atoms with Gasteiger partial charge in [-0.25, -0.2) is 8.78 Å². The largest absolute Gasteiger partial charge is 0.323 e. The molecule has 0 saturated carbocycles. The number of rotatable bonds is 2. The van der Waals surface area contributed by atoms with Gasteiger partial charge < -0.3 is 4.98 Å². The van der Waals surface area contributed by atoms with E-state index in [1.807, 2.05) is 6.92 Å². The zero-order valence-electron chi connectivity index (χ0n) is 9.21. The van der Waals surface area contributed by atoms with E-state index in [4.69, 9.17) is 12.2 Å². The number of alkyl halides is 2. The van der Waals surface area contributed by atoms with Crippen LogP contribution in [0.25, 0.3) is 10.2 Å². The lowest BCUT2D eigenvalue weighted by molar-refractivity contribution is 0.124. The smallest absolute Gasteiger partial charge is 0.263 e. The summed E-state index contributed by atoms with van der Waals surface area (Å²) < 4.78 is 25.7. The molecular weight excluding hydrogens is 266 g/mol. The molecule has 0 aliphatic carbocycles. The maximum Gasteiger partial charge on any atom is 0.263 e. The SMILES string of the molecule is Cc1sc2[nH]c(=S)n(CC(F)F)c(=O)c2c1C. The quantitative estimate of drug-likeness (QED) is 0.856. The maximum atomic E-state index is 12.4. The van der Waals surface area contributed by atoms with Gasteiger partial charge in [-0.3, -0.25) is 9.36 Å². The van der Waals surface area contributed by atoms with Gasteiger partial charge in [0.2, 0.25) is 0 Å². The van der Waals surface area contributed by atoms with Crippen molar-refractivity contribution in [2.24, 2.45) is 0 Å². The van der Waals surface area contributed by atoms with E-state index in [1.165, 1.54) is 11.3 Å². The summed E-state index contributed by atoms with van der Waals surface area (Å²) in [5.74, 6) is 0. The Labute approximate surface area is 105 Å². The first-order valence-corrected chi connectivity index (χ1v) is 6.15. The van der Waals surface area contributed by atoms with Gasteiger partial charge in [0.15, 0.2) is 4.77 Å². The van der Waals surface area contributed by atoms with Gasteiger partial charge in [0.25, 0.3) is 12.0 Å². The lowest BCUT2D eigenvalue weighted by Gasteiger charge is -2.05. The Hall–Kier alpha value is -1.08. The first-order valence-electron chi connectivity index (χ1n) is 4.92. The van der Waals surface area contributed by atoms with Crippen LogP contribution >= 0.6 is 23.6 Å². The summed E-state index contributed by atoms with van der Waals surface area (Å²) in [7, 11) is 0. The summed E-state index contributed by atoms with van der Waals surface area (Å²) in [6, 6.07) is 0. The molecule has 2 aromatic heterocycles. The first kappa shape index (κ1) is 12.4. The Morgan fingerprint density at radius 1 is 1.47 bits per heavy atom. The van der Waals surface area contributed by atoms with Gasteiger partial charge in [-0.2, -0.15) is 0 Å². The molecule has 2 heterocycles. The molecule has 1 N–H and O–H groups in total. The summed E-state index contributed by atoms with van der Waals surface area (Å²) in [5.41, 5.74) is 0.384. The van der Waals surface area contributed by atoms with Crippen LogP contribution in [0.1, 0.15) is 10.4 Å². The van der Waals surface area contributed by atoms with Gasteiger partial charge in [0, 0.05) is 4.88 Å². The third kappa shape index (κ3) is 2.04. The number of fused-ring (bicyclic) bond motifs is 1. The lowest BCUT2D eigenvalue weighted by atomic mass is 10.2. The number of H-pyrrole nitrogens is 1. The van der Waals surface area contributed by atoms with Crippen LogP contribution in [-0.2, 0) is 6.54 Å². The van der Waals surface area contributed by atoms with E-state index in [1.54, 1.807) is 6.92 Å². The van der Waals surface area contributed by atoms with Gasteiger partial charge in [0.1, 0.15) is 4.83 Å². The predicted molar refractivity (Wildman–Crippen MR) is 66.7 cm³/mol. The van der Waals surface area contributed by atoms with E-state index < -0.39 is 18.5 Å². The predicted octanol–water partition coefficient (Wildman–Crippen LogP) is 3.00. The third-order valence-electron chi connectivity index (χ3n) is 2.63. The number of hydrogen-bond donors (Lipinski definition) is 1. The number of aryl methyl sites for hydroxylation is 2. The number of aromatic amines is 1. The van der Waals surface area contributed by atoms with Crippen molar-refractivity contribution in [2.75, 3.05) is 0 Å². The van der Waals surface area contributed by atoms with E-state index in [9.17, 15) is 13.6 Å². The Morgan fingerprint density at radius 3 is 2.71 bits per heavy atom. The van der Waals surface area contributed by atoms with Crippen LogP contribution in [0.3, 0.4) is 0 Å². The molecule has 2 rings (SSSR count). The van der Waals surface area contributed by atoms with Crippen molar-refractivity contribution in [2.45, 2.75) is 26.8 Å². The molecule has 0 aliphatic rings. The zero-order valence-corrected chi connectivity index (χ0v) is 10.8. The summed E-state index contributed by atoms with van der Waals surface area (Å²) in [6.07, 6.45) is -2.60. The number of hydrogen-bond acceptors (Lipinski definition) is 3. The Balaban J connectivity index is 2.83. The second kappa shape index (κ2) is 4.30. The fourth-order valence-corrected chi connectivity index (χ4v) is 3.04. The van der Waals surface area contributed by atoms with Crippen molar-refractivity contribution >= 4 is 33.8 Å². The van der Waals surface area contributed by atoms with Gasteiger partial charge in [-0.05, 0) is 31.6 Å². The standard InChI is InChI=1S/C10H10F2N2OS2/c1-4-5(2)17-8-7(4)9(15)14(3-6(11)12)10(16)13-8/h6H,3H2,1-2H3,(H,13,16). The molecular formula is C10H10F2N2OS2. The molecule has 0 spiro atoms. The minimum Gasteiger partial charge on any atom is -0.323 e. The normalized spacial score (nSPS) is 11.6. The Morgan fingerprint density at radius 2 is 2.12 bits per heavy atom. The summed E-state index contributed by atoms with van der Waals surface area (Å²) in [5, 5.41) is 0.460. The molecule has 0 bridgehead atoms. The van der Waals surface area contributed by atoms with Crippen LogP contribution < -0.4 is 5.56 Å². The minimum absolute atomic E-state index is 0.0454. The van der Waals surface area contributed by atoms with E-state index in [2.05, 4.69) is 4.98 Å². The molecule has 0 aromatic carbocycles. The van der Waals surface area contributed by atoms with Crippen molar-refractivity contribution in [3.8, 4) is 0 Å². The highest BCUT2D eigenvalue weighted by Crippen LogP contribution is 2.25. The molecule has 0 atom stereocenters. The molecule has 7 heteroatoms. The second-order valence-corrected chi connectivity index (χ2v) is 5.34. The van der Waals surface area contributed by atoms with Crippen molar-refractivity contribution in [1.29, 1.82) is 0 Å². The average Bonchev–Trinajstić information content (AvgIpc) is 2.49. The highest BCUT2D eigenvalue weighted by molar-refractivity contribution is 7.71. The molecule has 0 saturated heterocycles. The Kier molecular flexibility index (Phi) is 3.13. The van der Waals surface area contributed by atoms with Gasteiger partial charge in [-0.15, -0.1) is 11.3 Å². The number of thiophene rings is 1. The number of halogens is 2. The van der Waals surface area contributed by atoms with Crippen LogP contribution in [0.4, 0.5) is 8.78 Å². The van der Waals surface area contributed by atoms with Crippen LogP contribution in [0.15, 0.2) is 4.79 Å². The summed E-state index contributed by atoms with van der Waals surface area (Å²) in [6.45, 7) is 3.02. The van der Waals surface area contributed by atoms with Crippen molar-refractivity contribution in [3.63, 3.8) is 0 Å². The molecule has 17 heavy (non-hydrogen) atoms. The second-order valence-electron chi connectivity index (χ2n) is 3.72. The highest BCUT2D eigenvalue weighted by atomic mass is 32.1. The van der Waals surface area contributed by atoms with Gasteiger partial charge in [0.05, 0.1) is 11.9 Å². The fourth-order valence-electron chi connectivity index (χ4n) is 1.67. The lowest BCUT2D eigenvalue weighted by Crippen LogP contribution is -2.25. The molecule has 0 amide bonds. The zero-order chi connectivity index (χ0) is 12.7. The summed E-state index contributed by atoms with van der Waals surface area (Å²) >= 11 is 6.33. The Bertz CT molecular complexity index is 684. The van der Waals surface area contributed by atoms with Crippen LogP contribution in [0.2, 0.25) is 0 Å². The number of nitrogens with zero attached hydrogens (tertiary/aromatic N) is 1. The monoisotopic (exact) mass is 276 g/mol. The maximum absolute atomic E-state index is 12.4. The van der Waals surface area contributed by atoms with Crippen LogP contribution in [-0.4, -0.2) is 16.0 Å². The van der Waals surface area contributed by atoms with Crippen molar-refractivity contribution < 1.29 is 8.78 Å². The topological polar surface area (TPSA) is 37.8 Å². The van der Waals surface area contributed by atoms with Crippen molar-refractivity contribution in [1.82, 2.24) is 9.55 Å². The summed E-state index contributed by atoms with van der Waals surface area (Å²) in [4.78, 5) is 16.5. The van der Waals surface area contributed by atoms with Crippen LogP contribution in [0, 0.1) is 18.6 Å². The minimum atomic E-state index is -2.60. The first-order chi connectivity index (χ1) is 7.91. The molecule has 3 nitrogen and oxygen atoms in total. The fraction of sp³-hybridized carbons (Fsp3) is 0.400. The molecule has 2 aromatic rings. The number of nitrogens with one attached hydrogen (secondary N) is 1. The molecule has 0 radical (unpaired) electrons. The van der Waals surface area contributed by atoms with E-state index in [-0.39, 0.29) is 4.77 Å². The van der Waals surface area contributed by atoms with E-state index in [0.29, 0.717) is 10.2 Å².